The molecule has 0 aromatic rings. The minimum absolute atomic E-state index is 0.0837. The number of unbranched alkanes of at least 4 members (excludes halogenated alkanes) is 33. The largest absolute Gasteiger partial charge is 0.462 e. The summed E-state index contributed by atoms with van der Waals surface area (Å²) in [6, 6.07) is 0. The lowest BCUT2D eigenvalue weighted by Crippen LogP contribution is -2.30. The second-order valence-corrected chi connectivity index (χ2v) is 19.9. The van der Waals surface area contributed by atoms with E-state index in [-0.39, 0.29) is 31.1 Å². The standard InChI is InChI=1S/C63H112O6/c1-4-7-10-13-16-19-22-25-28-31-33-35-38-41-44-47-50-53-56-62(65)68-59-60(58-67-61(64)55-52-49-46-43-40-37-34-30-27-24-21-18-15-12-9-6-3)69-63(66)57-54-51-48-45-42-39-36-32-29-26-23-20-17-14-11-8-5-2/h19,21-22,24,26,28-31,34,60H,4-18,20,23,25,27,32-33,35-59H2,1-3H3/b22-19-,24-21-,29-26-,31-28-,34-30-. The summed E-state index contributed by atoms with van der Waals surface area (Å²) in [5.41, 5.74) is 0. The molecule has 69 heavy (non-hydrogen) atoms. The fourth-order valence-corrected chi connectivity index (χ4v) is 8.44. The van der Waals surface area contributed by atoms with Crippen LogP contribution in [0, 0.1) is 0 Å². The van der Waals surface area contributed by atoms with Gasteiger partial charge in [-0.15, -0.1) is 0 Å². The van der Waals surface area contributed by atoms with E-state index < -0.39 is 6.10 Å². The summed E-state index contributed by atoms with van der Waals surface area (Å²) < 4.78 is 16.9. The molecule has 400 valence electrons. The van der Waals surface area contributed by atoms with Crippen LogP contribution in [0.4, 0.5) is 0 Å². The van der Waals surface area contributed by atoms with Crippen molar-refractivity contribution in [2.45, 2.75) is 309 Å². The number of rotatable bonds is 54. The van der Waals surface area contributed by atoms with Gasteiger partial charge in [0.25, 0.3) is 0 Å². The van der Waals surface area contributed by atoms with Gasteiger partial charge in [-0.2, -0.15) is 0 Å². The van der Waals surface area contributed by atoms with Gasteiger partial charge < -0.3 is 14.2 Å². The molecule has 0 aliphatic heterocycles. The smallest absolute Gasteiger partial charge is 0.306 e. The Bertz CT molecular complexity index is 1250. The highest BCUT2D eigenvalue weighted by molar-refractivity contribution is 5.71. The number of hydrogen-bond donors (Lipinski definition) is 0. The third-order valence-corrected chi connectivity index (χ3v) is 13.0. The maximum Gasteiger partial charge on any atom is 0.306 e. The average Bonchev–Trinajstić information content (AvgIpc) is 3.35. The van der Waals surface area contributed by atoms with Gasteiger partial charge >= 0.3 is 17.9 Å². The Morgan fingerprint density at radius 2 is 0.522 bits per heavy atom. The molecule has 6 heteroatoms. The zero-order valence-electron chi connectivity index (χ0n) is 45.8. The molecule has 1 unspecified atom stereocenters. The molecule has 0 aliphatic rings. The van der Waals surface area contributed by atoms with E-state index in [2.05, 4.69) is 81.5 Å². The van der Waals surface area contributed by atoms with E-state index in [9.17, 15) is 14.4 Å². The first-order valence-corrected chi connectivity index (χ1v) is 29.8. The van der Waals surface area contributed by atoms with Crippen LogP contribution in [0.1, 0.15) is 303 Å². The van der Waals surface area contributed by atoms with Crippen molar-refractivity contribution < 1.29 is 28.6 Å². The van der Waals surface area contributed by atoms with E-state index >= 15 is 0 Å². The molecule has 0 amide bonds. The number of carbonyl (C=O) groups is 3. The molecule has 1 atom stereocenters. The molecule has 0 rings (SSSR count). The van der Waals surface area contributed by atoms with Gasteiger partial charge in [-0.3, -0.25) is 14.4 Å². The molecular weight excluding hydrogens is 853 g/mol. The zero-order chi connectivity index (χ0) is 50.0. The predicted octanol–water partition coefficient (Wildman–Crippen LogP) is 20.0. The van der Waals surface area contributed by atoms with Crippen LogP contribution >= 0.6 is 0 Å². The Labute approximate surface area is 428 Å². The predicted molar refractivity (Wildman–Crippen MR) is 298 cm³/mol. The fourth-order valence-electron chi connectivity index (χ4n) is 8.44. The summed E-state index contributed by atoms with van der Waals surface area (Å²) in [6.07, 6.45) is 72.0. The fraction of sp³-hybridized carbons (Fsp3) is 0.794. The minimum Gasteiger partial charge on any atom is -0.462 e. The van der Waals surface area contributed by atoms with Gasteiger partial charge in [0.1, 0.15) is 13.2 Å². The third kappa shape index (κ3) is 55.9. The molecule has 0 aliphatic carbocycles. The van der Waals surface area contributed by atoms with Crippen molar-refractivity contribution in [1.29, 1.82) is 0 Å². The molecule has 0 saturated heterocycles. The molecule has 0 saturated carbocycles. The Morgan fingerprint density at radius 3 is 0.826 bits per heavy atom. The van der Waals surface area contributed by atoms with E-state index in [4.69, 9.17) is 14.2 Å². The van der Waals surface area contributed by atoms with Crippen molar-refractivity contribution in [3.05, 3.63) is 60.8 Å². The van der Waals surface area contributed by atoms with Crippen LogP contribution in [0.25, 0.3) is 0 Å². The van der Waals surface area contributed by atoms with Gasteiger partial charge in [0.05, 0.1) is 0 Å². The molecule has 6 nitrogen and oxygen atoms in total. The Morgan fingerprint density at radius 1 is 0.290 bits per heavy atom. The van der Waals surface area contributed by atoms with Crippen molar-refractivity contribution in [3.63, 3.8) is 0 Å². The van der Waals surface area contributed by atoms with Crippen LogP contribution in [0.15, 0.2) is 60.8 Å². The molecule has 0 spiro atoms. The molecule has 0 radical (unpaired) electrons. The summed E-state index contributed by atoms with van der Waals surface area (Å²) in [7, 11) is 0. The van der Waals surface area contributed by atoms with Crippen LogP contribution in [-0.4, -0.2) is 37.2 Å². The molecule has 0 fully saturated rings. The van der Waals surface area contributed by atoms with E-state index in [0.29, 0.717) is 19.3 Å². The summed E-state index contributed by atoms with van der Waals surface area (Å²) in [6.45, 7) is 6.61. The van der Waals surface area contributed by atoms with Crippen molar-refractivity contribution in [2.24, 2.45) is 0 Å². The van der Waals surface area contributed by atoms with Crippen molar-refractivity contribution >= 4 is 17.9 Å². The monoisotopic (exact) mass is 965 g/mol. The van der Waals surface area contributed by atoms with Gasteiger partial charge in [0.2, 0.25) is 0 Å². The van der Waals surface area contributed by atoms with E-state index in [0.717, 1.165) is 89.9 Å². The van der Waals surface area contributed by atoms with Crippen LogP contribution in [0.5, 0.6) is 0 Å². The van der Waals surface area contributed by atoms with Crippen LogP contribution < -0.4 is 0 Å². The quantitative estimate of drug-likeness (QED) is 0.0262. The molecule has 0 heterocycles. The lowest BCUT2D eigenvalue weighted by atomic mass is 10.1. The number of esters is 3. The number of hydrogen-bond acceptors (Lipinski definition) is 6. The normalized spacial score (nSPS) is 12.4. The molecule has 0 N–H and O–H groups in total. The number of carbonyl (C=O) groups excluding carboxylic acids is 3. The average molecular weight is 966 g/mol. The highest BCUT2D eigenvalue weighted by atomic mass is 16.6. The van der Waals surface area contributed by atoms with E-state index in [1.807, 2.05) is 0 Å². The van der Waals surface area contributed by atoms with E-state index in [1.54, 1.807) is 0 Å². The maximum absolute atomic E-state index is 12.9. The first-order chi connectivity index (χ1) is 34.0. The van der Waals surface area contributed by atoms with Crippen LogP contribution in [-0.2, 0) is 28.6 Å². The van der Waals surface area contributed by atoms with Crippen LogP contribution in [0.3, 0.4) is 0 Å². The SMILES string of the molecule is CCCCCC/C=C\C/C=C\CCCCCCCCCC(=O)OCC(COC(=O)CCCCCCC/C=C\C/C=C\CCCCCC)OC(=O)CCCCCCCCC/C=C\CCCCCCCC. The first kappa shape index (κ1) is 66.1. The van der Waals surface area contributed by atoms with Crippen molar-refractivity contribution in [3.8, 4) is 0 Å². The highest BCUT2D eigenvalue weighted by Gasteiger charge is 2.19. The number of ether oxygens (including phenoxy) is 3. The zero-order valence-corrected chi connectivity index (χ0v) is 45.8. The topological polar surface area (TPSA) is 78.9 Å². The summed E-state index contributed by atoms with van der Waals surface area (Å²) in [4.78, 5) is 38.2. The maximum atomic E-state index is 12.9. The Kier molecular flexibility index (Phi) is 55.3. The summed E-state index contributed by atoms with van der Waals surface area (Å²) in [5.74, 6) is -0.897. The molecule has 0 aromatic heterocycles. The lowest BCUT2D eigenvalue weighted by Gasteiger charge is -2.18. The van der Waals surface area contributed by atoms with Gasteiger partial charge in [-0.05, 0) is 109 Å². The van der Waals surface area contributed by atoms with Crippen molar-refractivity contribution in [2.75, 3.05) is 13.2 Å². The summed E-state index contributed by atoms with van der Waals surface area (Å²) >= 11 is 0. The Hall–Kier alpha value is -2.89. The molecular formula is C63H112O6. The van der Waals surface area contributed by atoms with Gasteiger partial charge in [-0.1, -0.05) is 236 Å². The summed E-state index contributed by atoms with van der Waals surface area (Å²) in [5, 5.41) is 0. The Balaban J connectivity index is 4.41. The van der Waals surface area contributed by atoms with E-state index in [1.165, 1.54) is 173 Å². The van der Waals surface area contributed by atoms with Gasteiger partial charge in [-0.25, -0.2) is 0 Å². The molecule has 0 bridgehead atoms. The number of allylic oxidation sites excluding steroid dienone is 10. The minimum atomic E-state index is -0.786. The van der Waals surface area contributed by atoms with Crippen LogP contribution in [0.2, 0.25) is 0 Å². The first-order valence-electron chi connectivity index (χ1n) is 29.8. The third-order valence-electron chi connectivity index (χ3n) is 13.0. The van der Waals surface area contributed by atoms with Gasteiger partial charge in [0, 0.05) is 19.3 Å². The van der Waals surface area contributed by atoms with Gasteiger partial charge in [0.15, 0.2) is 6.10 Å². The highest BCUT2D eigenvalue weighted by Crippen LogP contribution is 2.15. The second-order valence-electron chi connectivity index (χ2n) is 19.9. The van der Waals surface area contributed by atoms with Crippen molar-refractivity contribution in [1.82, 2.24) is 0 Å². The molecule has 0 aromatic carbocycles. The lowest BCUT2D eigenvalue weighted by molar-refractivity contribution is -0.167. The second kappa shape index (κ2) is 57.7.